The molecule has 2 aromatic heterocycles. The molecule has 0 aliphatic carbocycles. The van der Waals surface area contributed by atoms with Gasteiger partial charge in [0.05, 0.1) is 19.8 Å². The zero-order valence-corrected chi connectivity index (χ0v) is 16.2. The Bertz CT molecular complexity index is 866. The second-order valence-electron chi connectivity index (χ2n) is 6.03. The summed E-state index contributed by atoms with van der Waals surface area (Å²) in [5.74, 6) is 1.43. The molecule has 140 valence electrons. The number of carbonyl (C=O) groups is 1. The van der Waals surface area contributed by atoms with Crippen molar-refractivity contribution in [2.45, 2.75) is 13.0 Å². The molecule has 0 fully saturated rings. The summed E-state index contributed by atoms with van der Waals surface area (Å²) in [7, 11) is 3.24. The third-order valence-corrected chi connectivity index (χ3v) is 4.98. The van der Waals surface area contributed by atoms with Crippen LogP contribution in [0.15, 0.2) is 59.6 Å². The van der Waals surface area contributed by atoms with Crippen LogP contribution >= 0.6 is 11.3 Å². The van der Waals surface area contributed by atoms with E-state index in [1.807, 2.05) is 52.1 Å². The zero-order chi connectivity index (χ0) is 19.1. The molecule has 2 heterocycles. The Kier molecular flexibility index (Phi) is 6.44. The zero-order valence-electron chi connectivity index (χ0n) is 15.4. The number of rotatable bonds is 8. The number of carbonyl (C=O) groups excluding carboxylic acids is 1. The van der Waals surface area contributed by atoms with Gasteiger partial charge in [-0.1, -0.05) is 6.07 Å². The smallest absolute Gasteiger partial charge is 0.255 e. The maximum atomic E-state index is 12.9. The molecule has 0 aliphatic rings. The van der Waals surface area contributed by atoms with E-state index < -0.39 is 0 Å². The fraction of sp³-hybridized carbons (Fsp3) is 0.238. The van der Waals surface area contributed by atoms with Gasteiger partial charge in [0.2, 0.25) is 0 Å². The van der Waals surface area contributed by atoms with Crippen LogP contribution in [-0.4, -0.2) is 36.6 Å². The number of amides is 1. The summed E-state index contributed by atoms with van der Waals surface area (Å²) in [6.45, 7) is 1.15. The van der Waals surface area contributed by atoms with E-state index in [0.29, 0.717) is 24.6 Å². The largest absolute Gasteiger partial charge is 0.493 e. The van der Waals surface area contributed by atoms with Crippen LogP contribution in [0, 0.1) is 0 Å². The van der Waals surface area contributed by atoms with E-state index in [9.17, 15) is 4.79 Å². The minimum atomic E-state index is 0.0357. The van der Waals surface area contributed by atoms with Crippen LogP contribution in [0.5, 0.6) is 11.5 Å². The minimum absolute atomic E-state index is 0.0357. The van der Waals surface area contributed by atoms with Gasteiger partial charge in [0.1, 0.15) is 0 Å². The van der Waals surface area contributed by atoms with Gasteiger partial charge in [-0.3, -0.25) is 9.78 Å². The van der Waals surface area contributed by atoms with Gasteiger partial charge in [0.25, 0.3) is 5.91 Å². The molecule has 5 nitrogen and oxygen atoms in total. The van der Waals surface area contributed by atoms with Crippen LogP contribution in [0.4, 0.5) is 0 Å². The maximum Gasteiger partial charge on any atom is 0.255 e. The Morgan fingerprint density at radius 1 is 1.04 bits per heavy atom. The quantitative estimate of drug-likeness (QED) is 0.590. The average molecular weight is 382 g/mol. The first-order chi connectivity index (χ1) is 13.2. The molecule has 0 unspecified atom stereocenters. The fourth-order valence-electron chi connectivity index (χ4n) is 2.83. The summed E-state index contributed by atoms with van der Waals surface area (Å²) in [5.41, 5.74) is 2.87. The predicted octanol–water partition coefficient (Wildman–Crippen LogP) is 4.05. The maximum absolute atomic E-state index is 12.9. The number of nitrogens with zero attached hydrogens (tertiary/aromatic N) is 2. The van der Waals surface area contributed by atoms with Crippen molar-refractivity contribution in [3.63, 3.8) is 0 Å². The van der Waals surface area contributed by atoms with Crippen LogP contribution in [0.3, 0.4) is 0 Å². The van der Waals surface area contributed by atoms with Crippen molar-refractivity contribution in [2.24, 2.45) is 0 Å². The molecular formula is C21H22N2O3S. The monoisotopic (exact) mass is 382 g/mol. The van der Waals surface area contributed by atoms with Crippen molar-refractivity contribution in [3.8, 4) is 11.5 Å². The second-order valence-corrected chi connectivity index (χ2v) is 6.81. The van der Waals surface area contributed by atoms with Crippen molar-refractivity contribution in [2.75, 3.05) is 20.8 Å². The second kappa shape index (κ2) is 9.19. The Balaban J connectivity index is 1.76. The first-order valence-electron chi connectivity index (χ1n) is 8.62. The van der Waals surface area contributed by atoms with Gasteiger partial charge in [-0.25, -0.2) is 0 Å². The SMILES string of the molecule is COc1ccc(CCN(Cc2ccncc2)C(=O)c2ccsc2)cc1OC. The Labute approximate surface area is 163 Å². The molecule has 27 heavy (non-hydrogen) atoms. The first-order valence-corrected chi connectivity index (χ1v) is 9.57. The van der Waals surface area contributed by atoms with Gasteiger partial charge in [0, 0.05) is 30.9 Å². The van der Waals surface area contributed by atoms with E-state index in [0.717, 1.165) is 23.1 Å². The highest BCUT2D eigenvalue weighted by atomic mass is 32.1. The molecule has 0 saturated carbocycles. The highest BCUT2D eigenvalue weighted by Crippen LogP contribution is 2.28. The van der Waals surface area contributed by atoms with Gasteiger partial charge in [-0.2, -0.15) is 11.3 Å². The van der Waals surface area contributed by atoms with Crippen LogP contribution < -0.4 is 9.47 Å². The molecular weight excluding hydrogens is 360 g/mol. The van der Waals surface area contributed by atoms with Crippen molar-refractivity contribution in [1.82, 2.24) is 9.88 Å². The number of hydrogen-bond donors (Lipinski definition) is 0. The lowest BCUT2D eigenvalue weighted by Crippen LogP contribution is -2.32. The van der Waals surface area contributed by atoms with Crippen LogP contribution in [0.2, 0.25) is 0 Å². The predicted molar refractivity (Wildman–Crippen MR) is 107 cm³/mol. The number of aromatic nitrogens is 1. The third-order valence-electron chi connectivity index (χ3n) is 4.30. The lowest BCUT2D eigenvalue weighted by Gasteiger charge is -2.23. The Morgan fingerprint density at radius 2 is 1.81 bits per heavy atom. The third kappa shape index (κ3) is 4.86. The number of thiophene rings is 1. The summed E-state index contributed by atoms with van der Waals surface area (Å²) in [5, 5.41) is 3.81. The highest BCUT2D eigenvalue weighted by Gasteiger charge is 2.17. The molecule has 0 atom stereocenters. The molecule has 3 rings (SSSR count). The van der Waals surface area contributed by atoms with Crippen molar-refractivity contribution in [1.29, 1.82) is 0 Å². The van der Waals surface area contributed by atoms with Gasteiger partial charge in [-0.15, -0.1) is 0 Å². The normalized spacial score (nSPS) is 10.4. The van der Waals surface area contributed by atoms with Gasteiger partial charge in [-0.05, 0) is 53.3 Å². The topological polar surface area (TPSA) is 51.7 Å². The van der Waals surface area contributed by atoms with Gasteiger partial charge in [0.15, 0.2) is 11.5 Å². The molecule has 0 N–H and O–H groups in total. The van der Waals surface area contributed by atoms with E-state index in [-0.39, 0.29) is 5.91 Å². The molecule has 6 heteroatoms. The lowest BCUT2D eigenvalue weighted by atomic mass is 10.1. The Hall–Kier alpha value is -2.86. The highest BCUT2D eigenvalue weighted by molar-refractivity contribution is 7.08. The number of hydrogen-bond acceptors (Lipinski definition) is 5. The number of benzene rings is 1. The number of methoxy groups -OCH3 is 2. The minimum Gasteiger partial charge on any atom is -0.493 e. The molecule has 3 aromatic rings. The van der Waals surface area contributed by atoms with Crippen molar-refractivity contribution in [3.05, 3.63) is 76.2 Å². The molecule has 1 aromatic carbocycles. The van der Waals surface area contributed by atoms with E-state index in [2.05, 4.69) is 4.98 Å². The van der Waals surface area contributed by atoms with E-state index in [4.69, 9.17) is 9.47 Å². The van der Waals surface area contributed by atoms with Crippen LogP contribution in [-0.2, 0) is 13.0 Å². The molecule has 0 aliphatic heterocycles. The summed E-state index contributed by atoms with van der Waals surface area (Å²) < 4.78 is 10.7. The van der Waals surface area contributed by atoms with Crippen LogP contribution in [0.25, 0.3) is 0 Å². The lowest BCUT2D eigenvalue weighted by molar-refractivity contribution is 0.0745. The number of pyridine rings is 1. The molecule has 0 spiro atoms. The molecule has 0 bridgehead atoms. The summed E-state index contributed by atoms with van der Waals surface area (Å²) in [6.07, 6.45) is 4.22. The summed E-state index contributed by atoms with van der Waals surface area (Å²) in [6, 6.07) is 11.6. The van der Waals surface area contributed by atoms with Crippen LogP contribution in [0.1, 0.15) is 21.5 Å². The Morgan fingerprint density at radius 3 is 2.48 bits per heavy atom. The first kappa shape index (κ1) is 18.9. The molecule has 0 saturated heterocycles. The van der Waals surface area contributed by atoms with E-state index in [1.54, 1.807) is 26.6 Å². The number of ether oxygens (including phenoxy) is 2. The van der Waals surface area contributed by atoms with Gasteiger partial charge < -0.3 is 14.4 Å². The average Bonchev–Trinajstić information content (AvgIpc) is 3.26. The summed E-state index contributed by atoms with van der Waals surface area (Å²) >= 11 is 1.53. The fourth-order valence-corrected chi connectivity index (χ4v) is 3.46. The van der Waals surface area contributed by atoms with E-state index >= 15 is 0 Å². The molecule has 0 radical (unpaired) electrons. The standard InChI is InChI=1S/C21H22N2O3S/c1-25-19-4-3-16(13-20(19)26-2)7-11-23(14-17-5-9-22-10-6-17)21(24)18-8-12-27-15-18/h3-6,8-10,12-13,15H,7,11,14H2,1-2H3. The van der Waals surface area contributed by atoms with Gasteiger partial charge >= 0.3 is 0 Å². The molecule has 1 amide bonds. The van der Waals surface area contributed by atoms with Crippen molar-refractivity contribution >= 4 is 17.2 Å². The van der Waals surface area contributed by atoms with Crippen molar-refractivity contribution < 1.29 is 14.3 Å². The van der Waals surface area contributed by atoms with E-state index in [1.165, 1.54) is 11.3 Å². The summed E-state index contributed by atoms with van der Waals surface area (Å²) in [4.78, 5) is 18.8.